The number of aliphatic hydroxyl groups is 1. The molecular formula is C12H24O3. The molecule has 0 aliphatic heterocycles. The van der Waals surface area contributed by atoms with Crippen LogP contribution in [0.5, 0.6) is 0 Å². The quantitative estimate of drug-likeness (QED) is 0.451. The predicted molar refractivity (Wildman–Crippen MR) is 61.5 cm³/mol. The summed E-state index contributed by atoms with van der Waals surface area (Å²) in [7, 11) is 0. The summed E-state index contributed by atoms with van der Waals surface area (Å²) >= 11 is 0. The topological polar surface area (TPSA) is 38.7 Å². The molecule has 0 aromatic heterocycles. The Morgan fingerprint density at radius 2 is 2.00 bits per heavy atom. The number of rotatable bonds is 10. The van der Waals surface area contributed by atoms with Crippen molar-refractivity contribution < 1.29 is 14.6 Å². The van der Waals surface area contributed by atoms with Crippen LogP contribution >= 0.6 is 0 Å². The highest BCUT2D eigenvalue weighted by Crippen LogP contribution is 2.07. The van der Waals surface area contributed by atoms with E-state index in [2.05, 4.69) is 6.92 Å². The molecule has 0 heterocycles. The van der Waals surface area contributed by atoms with E-state index < -0.39 is 0 Å². The first kappa shape index (κ1) is 14.3. The molecule has 15 heavy (non-hydrogen) atoms. The lowest BCUT2D eigenvalue weighted by molar-refractivity contribution is 0.173. The molecule has 0 atom stereocenters. The Morgan fingerprint density at radius 3 is 2.60 bits per heavy atom. The molecule has 0 aromatic rings. The number of allylic oxidation sites excluding steroid dienone is 1. The Kier molecular flexibility index (Phi) is 10.8. The molecule has 0 aliphatic rings. The summed E-state index contributed by atoms with van der Waals surface area (Å²) in [4.78, 5) is 0. The van der Waals surface area contributed by atoms with E-state index in [1.165, 1.54) is 0 Å². The monoisotopic (exact) mass is 216 g/mol. The summed E-state index contributed by atoms with van der Waals surface area (Å²) < 4.78 is 10.8. The fraction of sp³-hybridized carbons (Fsp3) is 0.833. The molecule has 90 valence electrons. The Hall–Kier alpha value is -0.700. The van der Waals surface area contributed by atoms with Crippen LogP contribution in [-0.4, -0.2) is 24.9 Å². The molecular weight excluding hydrogens is 192 g/mol. The Morgan fingerprint density at radius 1 is 1.20 bits per heavy atom. The van der Waals surface area contributed by atoms with E-state index in [9.17, 15) is 0 Å². The first-order chi connectivity index (χ1) is 7.35. The standard InChI is InChI=1S/C12H24O3/c1-3-8-12(15-4-2)11-14-10-7-5-6-9-13/h11,13H,3-10H2,1-2H3. The zero-order valence-electron chi connectivity index (χ0n) is 10.00. The zero-order chi connectivity index (χ0) is 11.4. The van der Waals surface area contributed by atoms with Crippen molar-refractivity contribution in [2.24, 2.45) is 0 Å². The number of hydrogen-bond donors (Lipinski definition) is 1. The third kappa shape index (κ3) is 9.60. The van der Waals surface area contributed by atoms with Gasteiger partial charge in [0.25, 0.3) is 0 Å². The van der Waals surface area contributed by atoms with Crippen LogP contribution in [0.2, 0.25) is 0 Å². The molecule has 0 bridgehead atoms. The fourth-order valence-corrected chi connectivity index (χ4v) is 1.22. The molecule has 0 radical (unpaired) electrons. The minimum atomic E-state index is 0.274. The number of hydrogen-bond acceptors (Lipinski definition) is 3. The molecule has 0 saturated heterocycles. The largest absolute Gasteiger partial charge is 0.498 e. The minimum absolute atomic E-state index is 0.274. The van der Waals surface area contributed by atoms with Crippen molar-refractivity contribution in [3.63, 3.8) is 0 Å². The third-order valence-corrected chi connectivity index (χ3v) is 1.96. The predicted octanol–water partition coefficient (Wildman–Crippen LogP) is 2.84. The second-order valence-electron chi connectivity index (χ2n) is 3.42. The fourth-order valence-electron chi connectivity index (χ4n) is 1.22. The summed E-state index contributed by atoms with van der Waals surface area (Å²) in [5.41, 5.74) is 0. The Balaban J connectivity index is 3.51. The first-order valence-electron chi connectivity index (χ1n) is 5.89. The van der Waals surface area contributed by atoms with Gasteiger partial charge in [-0.25, -0.2) is 0 Å². The van der Waals surface area contributed by atoms with Crippen molar-refractivity contribution in [2.75, 3.05) is 19.8 Å². The van der Waals surface area contributed by atoms with Gasteiger partial charge in [0.2, 0.25) is 0 Å². The van der Waals surface area contributed by atoms with Crippen LogP contribution in [0.1, 0.15) is 46.0 Å². The lowest BCUT2D eigenvalue weighted by atomic mass is 10.2. The number of aliphatic hydroxyl groups excluding tert-OH is 1. The van der Waals surface area contributed by atoms with Gasteiger partial charge in [-0.3, -0.25) is 0 Å². The molecule has 3 heteroatoms. The van der Waals surface area contributed by atoms with Crippen LogP contribution in [0.25, 0.3) is 0 Å². The van der Waals surface area contributed by atoms with Crippen molar-refractivity contribution >= 4 is 0 Å². The van der Waals surface area contributed by atoms with Crippen LogP contribution in [-0.2, 0) is 9.47 Å². The van der Waals surface area contributed by atoms with E-state index in [0.29, 0.717) is 13.2 Å². The lowest BCUT2D eigenvalue weighted by Gasteiger charge is -2.07. The molecule has 0 amide bonds. The van der Waals surface area contributed by atoms with Gasteiger partial charge in [0, 0.05) is 13.0 Å². The lowest BCUT2D eigenvalue weighted by Crippen LogP contribution is -1.95. The highest BCUT2D eigenvalue weighted by Gasteiger charge is 1.96. The maximum atomic E-state index is 8.58. The number of unbranched alkanes of at least 4 members (excludes halogenated alkanes) is 2. The molecule has 0 aliphatic carbocycles. The molecule has 0 aromatic carbocycles. The summed E-state index contributed by atoms with van der Waals surface area (Å²) in [5.74, 6) is 0.933. The van der Waals surface area contributed by atoms with E-state index in [-0.39, 0.29) is 6.61 Å². The van der Waals surface area contributed by atoms with Gasteiger partial charge in [-0.05, 0) is 32.6 Å². The average Bonchev–Trinajstić information content (AvgIpc) is 2.24. The normalized spacial score (nSPS) is 11.5. The van der Waals surface area contributed by atoms with Crippen LogP contribution < -0.4 is 0 Å². The van der Waals surface area contributed by atoms with Gasteiger partial charge in [-0.15, -0.1) is 0 Å². The van der Waals surface area contributed by atoms with Crippen molar-refractivity contribution in [1.82, 2.24) is 0 Å². The van der Waals surface area contributed by atoms with Crippen molar-refractivity contribution in [1.29, 1.82) is 0 Å². The summed E-state index contributed by atoms with van der Waals surface area (Å²) in [6, 6.07) is 0. The minimum Gasteiger partial charge on any atom is -0.498 e. The highest BCUT2D eigenvalue weighted by molar-refractivity contribution is 4.86. The van der Waals surface area contributed by atoms with Gasteiger partial charge < -0.3 is 14.6 Å². The maximum absolute atomic E-state index is 8.58. The van der Waals surface area contributed by atoms with Crippen molar-refractivity contribution in [2.45, 2.75) is 46.0 Å². The summed E-state index contributed by atoms with van der Waals surface area (Å²) in [5, 5.41) is 8.58. The van der Waals surface area contributed by atoms with Crippen LogP contribution in [0.15, 0.2) is 12.0 Å². The maximum Gasteiger partial charge on any atom is 0.130 e. The molecule has 3 nitrogen and oxygen atoms in total. The third-order valence-electron chi connectivity index (χ3n) is 1.96. The molecule has 0 rings (SSSR count). The van der Waals surface area contributed by atoms with E-state index >= 15 is 0 Å². The highest BCUT2D eigenvalue weighted by atomic mass is 16.5. The van der Waals surface area contributed by atoms with Gasteiger partial charge in [0.1, 0.15) is 12.0 Å². The smallest absolute Gasteiger partial charge is 0.130 e. The van der Waals surface area contributed by atoms with E-state index in [0.717, 1.165) is 37.9 Å². The van der Waals surface area contributed by atoms with Crippen LogP contribution in [0.3, 0.4) is 0 Å². The Bertz CT molecular complexity index is 147. The van der Waals surface area contributed by atoms with Crippen molar-refractivity contribution in [3.05, 3.63) is 12.0 Å². The van der Waals surface area contributed by atoms with E-state index in [1.807, 2.05) is 6.92 Å². The van der Waals surface area contributed by atoms with Gasteiger partial charge in [0.05, 0.1) is 13.2 Å². The number of ether oxygens (including phenoxy) is 2. The van der Waals surface area contributed by atoms with E-state index in [1.54, 1.807) is 6.26 Å². The van der Waals surface area contributed by atoms with Crippen molar-refractivity contribution in [3.8, 4) is 0 Å². The molecule has 0 fully saturated rings. The first-order valence-corrected chi connectivity index (χ1v) is 5.89. The van der Waals surface area contributed by atoms with Gasteiger partial charge in [-0.1, -0.05) is 6.92 Å². The summed E-state index contributed by atoms with van der Waals surface area (Å²) in [6.07, 6.45) is 6.60. The van der Waals surface area contributed by atoms with E-state index in [4.69, 9.17) is 14.6 Å². The van der Waals surface area contributed by atoms with Crippen LogP contribution in [0, 0.1) is 0 Å². The summed E-state index contributed by atoms with van der Waals surface area (Å²) in [6.45, 7) is 5.77. The molecule has 1 N–H and O–H groups in total. The van der Waals surface area contributed by atoms with Crippen LogP contribution in [0.4, 0.5) is 0 Å². The molecule has 0 unspecified atom stereocenters. The van der Waals surface area contributed by atoms with Gasteiger partial charge in [0.15, 0.2) is 0 Å². The SMILES string of the molecule is CCCC(=COCCCCCO)OCC. The second kappa shape index (κ2) is 11.4. The Labute approximate surface area is 93.1 Å². The van der Waals surface area contributed by atoms with Gasteiger partial charge >= 0.3 is 0 Å². The molecule has 0 spiro atoms. The average molecular weight is 216 g/mol. The zero-order valence-corrected chi connectivity index (χ0v) is 10.00. The molecule has 0 saturated carbocycles. The second-order valence-corrected chi connectivity index (χ2v) is 3.42. The van der Waals surface area contributed by atoms with Gasteiger partial charge in [-0.2, -0.15) is 0 Å².